The summed E-state index contributed by atoms with van der Waals surface area (Å²) in [6, 6.07) is 10.1. The molecule has 2 aromatic carbocycles. The second-order valence-electron chi connectivity index (χ2n) is 5.02. The molecule has 2 rings (SSSR count). The van der Waals surface area contributed by atoms with Gasteiger partial charge in [0.25, 0.3) is 0 Å². The molecule has 0 spiro atoms. The van der Waals surface area contributed by atoms with Gasteiger partial charge in [0.15, 0.2) is 0 Å². The second kappa shape index (κ2) is 4.95. The SMILES string of the molecule is Cc1cc(C)c(C(C)(O)c2ccc(Cl)cc2)c(F)c1. The van der Waals surface area contributed by atoms with E-state index in [4.69, 9.17) is 11.6 Å². The van der Waals surface area contributed by atoms with Crippen molar-refractivity contribution in [2.45, 2.75) is 26.4 Å². The summed E-state index contributed by atoms with van der Waals surface area (Å²) in [5.74, 6) is -0.391. The molecule has 1 atom stereocenters. The van der Waals surface area contributed by atoms with E-state index in [2.05, 4.69) is 0 Å². The maximum absolute atomic E-state index is 14.2. The Balaban J connectivity index is 2.59. The Bertz CT molecular complexity index is 580. The van der Waals surface area contributed by atoms with Crippen molar-refractivity contribution in [1.29, 1.82) is 0 Å². The molecule has 0 heterocycles. The summed E-state index contributed by atoms with van der Waals surface area (Å²) < 4.78 is 14.2. The lowest BCUT2D eigenvalue weighted by Gasteiger charge is -2.27. The standard InChI is InChI=1S/C16H16ClFO/c1-10-8-11(2)15(14(18)9-10)16(3,19)12-4-6-13(17)7-5-12/h4-9,19H,1-3H3. The monoisotopic (exact) mass is 278 g/mol. The van der Waals surface area contributed by atoms with E-state index in [-0.39, 0.29) is 0 Å². The average molecular weight is 279 g/mol. The Hall–Kier alpha value is -1.38. The van der Waals surface area contributed by atoms with E-state index in [1.54, 1.807) is 38.1 Å². The summed E-state index contributed by atoms with van der Waals surface area (Å²) in [6.45, 7) is 5.23. The summed E-state index contributed by atoms with van der Waals surface area (Å²) >= 11 is 5.84. The maximum Gasteiger partial charge on any atom is 0.130 e. The Kier molecular flexibility index (Phi) is 3.66. The van der Waals surface area contributed by atoms with Crippen LogP contribution < -0.4 is 0 Å². The van der Waals surface area contributed by atoms with Gasteiger partial charge in [-0.05, 0) is 55.7 Å². The molecule has 19 heavy (non-hydrogen) atoms. The van der Waals surface area contributed by atoms with Gasteiger partial charge in [0.2, 0.25) is 0 Å². The highest BCUT2D eigenvalue weighted by Crippen LogP contribution is 2.34. The van der Waals surface area contributed by atoms with Gasteiger partial charge in [0.1, 0.15) is 11.4 Å². The van der Waals surface area contributed by atoms with Crippen molar-refractivity contribution < 1.29 is 9.50 Å². The first-order valence-corrected chi connectivity index (χ1v) is 6.46. The summed E-state index contributed by atoms with van der Waals surface area (Å²) in [5, 5.41) is 11.3. The predicted molar refractivity (Wildman–Crippen MR) is 76.0 cm³/mol. The molecule has 1 N–H and O–H groups in total. The first kappa shape index (κ1) is 14.0. The van der Waals surface area contributed by atoms with Gasteiger partial charge in [-0.15, -0.1) is 0 Å². The third kappa shape index (κ3) is 2.65. The Morgan fingerprint density at radius 2 is 1.68 bits per heavy atom. The molecule has 0 fully saturated rings. The first-order chi connectivity index (χ1) is 8.82. The van der Waals surface area contributed by atoms with Gasteiger partial charge in [-0.3, -0.25) is 0 Å². The molecule has 0 amide bonds. The highest BCUT2D eigenvalue weighted by Gasteiger charge is 2.30. The van der Waals surface area contributed by atoms with Crippen molar-refractivity contribution in [2.75, 3.05) is 0 Å². The molecule has 0 saturated carbocycles. The predicted octanol–water partition coefficient (Wildman–Crippen LogP) is 4.35. The number of halogens is 2. The Labute approximate surface area is 117 Å². The zero-order valence-corrected chi connectivity index (χ0v) is 11.9. The molecule has 0 aliphatic rings. The van der Waals surface area contributed by atoms with E-state index < -0.39 is 11.4 Å². The molecule has 2 aromatic rings. The van der Waals surface area contributed by atoms with Crippen molar-refractivity contribution in [2.24, 2.45) is 0 Å². The van der Waals surface area contributed by atoms with Crippen molar-refractivity contribution in [3.05, 3.63) is 69.5 Å². The Morgan fingerprint density at radius 1 is 1.11 bits per heavy atom. The molecule has 0 bridgehead atoms. The smallest absolute Gasteiger partial charge is 0.130 e. The van der Waals surface area contributed by atoms with Crippen LogP contribution in [0, 0.1) is 19.7 Å². The molecular formula is C16H16ClFO. The Morgan fingerprint density at radius 3 is 2.21 bits per heavy atom. The number of hydrogen-bond donors (Lipinski definition) is 1. The quantitative estimate of drug-likeness (QED) is 0.866. The molecule has 0 aliphatic heterocycles. The maximum atomic E-state index is 14.2. The van der Waals surface area contributed by atoms with Crippen molar-refractivity contribution in [1.82, 2.24) is 0 Å². The van der Waals surface area contributed by atoms with E-state index in [1.165, 1.54) is 6.07 Å². The zero-order valence-electron chi connectivity index (χ0n) is 11.2. The van der Waals surface area contributed by atoms with Crippen LogP contribution in [0.1, 0.15) is 29.2 Å². The van der Waals surface area contributed by atoms with Gasteiger partial charge in [-0.1, -0.05) is 29.8 Å². The minimum atomic E-state index is -1.38. The first-order valence-electron chi connectivity index (χ1n) is 6.08. The molecule has 0 aromatic heterocycles. The normalized spacial score (nSPS) is 14.2. The number of hydrogen-bond acceptors (Lipinski definition) is 1. The fourth-order valence-electron chi connectivity index (χ4n) is 2.45. The van der Waals surface area contributed by atoms with E-state index in [9.17, 15) is 9.50 Å². The van der Waals surface area contributed by atoms with E-state index in [0.717, 1.165) is 11.1 Å². The molecule has 1 unspecified atom stereocenters. The van der Waals surface area contributed by atoms with Crippen LogP contribution in [0.3, 0.4) is 0 Å². The number of rotatable bonds is 2. The van der Waals surface area contributed by atoms with Crippen LogP contribution in [0.25, 0.3) is 0 Å². The van der Waals surface area contributed by atoms with Crippen molar-refractivity contribution in [3.63, 3.8) is 0 Å². The number of aryl methyl sites for hydroxylation is 2. The molecular weight excluding hydrogens is 263 g/mol. The van der Waals surface area contributed by atoms with Crippen molar-refractivity contribution >= 4 is 11.6 Å². The molecule has 0 radical (unpaired) electrons. The highest BCUT2D eigenvalue weighted by atomic mass is 35.5. The third-order valence-electron chi connectivity index (χ3n) is 3.32. The van der Waals surface area contributed by atoms with Gasteiger partial charge < -0.3 is 5.11 Å². The van der Waals surface area contributed by atoms with Gasteiger partial charge in [-0.2, -0.15) is 0 Å². The highest BCUT2D eigenvalue weighted by molar-refractivity contribution is 6.30. The van der Waals surface area contributed by atoms with Crippen LogP contribution >= 0.6 is 11.6 Å². The minimum Gasteiger partial charge on any atom is -0.381 e. The third-order valence-corrected chi connectivity index (χ3v) is 3.58. The fraction of sp³-hybridized carbons (Fsp3) is 0.250. The minimum absolute atomic E-state index is 0.306. The molecule has 0 aliphatic carbocycles. The lowest BCUT2D eigenvalue weighted by atomic mass is 9.84. The van der Waals surface area contributed by atoms with Gasteiger partial charge in [0.05, 0.1) is 0 Å². The molecule has 0 saturated heterocycles. The molecule has 1 nitrogen and oxygen atoms in total. The van der Waals surface area contributed by atoms with Gasteiger partial charge in [-0.25, -0.2) is 4.39 Å². The lowest BCUT2D eigenvalue weighted by molar-refractivity contribution is 0.0972. The molecule has 3 heteroatoms. The fourth-order valence-corrected chi connectivity index (χ4v) is 2.58. The topological polar surface area (TPSA) is 20.2 Å². The van der Waals surface area contributed by atoms with Crippen molar-refractivity contribution in [3.8, 4) is 0 Å². The van der Waals surface area contributed by atoms with Crippen LogP contribution in [0.4, 0.5) is 4.39 Å². The van der Waals surface area contributed by atoms with E-state index in [0.29, 0.717) is 16.1 Å². The number of benzene rings is 2. The second-order valence-corrected chi connectivity index (χ2v) is 5.45. The van der Waals surface area contributed by atoms with Crippen LogP contribution in [-0.4, -0.2) is 5.11 Å². The summed E-state index contributed by atoms with van der Waals surface area (Å²) in [4.78, 5) is 0. The van der Waals surface area contributed by atoms with E-state index in [1.807, 2.05) is 13.0 Å². The van der Waals surface area contributed by atoms with Gasteiger partial charge in [0, 0.05) is 10.6 Å². The van der Waals surface area contributed by atoms with Crippen LogP contribution in [-0.2, 0) is 5.60 Å². The summed E-state index contributed by atoms with van der Waals surface area (Å²) in [7, 11) is 0. The van der Waals surface area contributed by atoms with Gasteiger partial charge >= 0.3 is 0 Å². The molecule has 100 valence electrons. The van der Waals surface area contributed by atoms with Crippen LogP contribution in [0.15, 0.2) is 36.4 Å². The largest absolute Gasteiger partial charge is 0.381 e. The average Bonchev–Trinajstić information content (AvgIpc) is 2.27. The van der Waals surface area contributed by atoms with E-state index >= 15 is 0 Å². The number of aliphatic hydroxyl groups is 1. The summed E-state index contributed by atoms with van der Waals surface area (Å²) in [5.41, 5.74) is 1.11. The summed E-state index contributed by atoms with van der Waals surface area (Å²) in [6.07, 6.45) is 0. The van der Waals surface area contributed by atoms with Crippen LogP contribution in [0.5, 0.6) is 0 Å². The zero-order chi connectivity index (χ0) is 14.2. The van der Waals surface area contributed by atoms with Crippen LogP contribution in [0.2, 0.25) is 5.02 Å². The lowest BCUT2D eigenvalue weighted by Crippen LogP contribution is -2.25.